The van der Waals surface area contributed by atoms with Gasteiger partial charge < -0.3 is 11.5 Å². The molecular weight excluding hydrogens is 236 g/mol. The van der Waals surface area contributed by atoms with Crippen LogP contribution in [0.4, 0.5) is 0 Å². The molecule has 0 aromatic heterocycles. The zero-order chi connectivity index (χ0) is 10.0. The van der Waals surface area contributed by atoms with Crippen molar-refractivity contribution in [2.75, 3.05) is 0 Å². The molecule has 0 bridgehead atoms. The van der Waals surface area contributed by atoms with Crippen LogP contribution >= 0.6 is 15.9 Å². The normalized spacial score (nSPS) is 9.62. The molecule has 0 aliphatic rings. The molecule has 13 heavy (non-hydrogen) atoms. The van der Waals surface area contributed by atoms with Gasteiger partial charge >= 0.3 is 0 Å². The molecule has 0 saturated heterocycles. The number of carbonyl (C=O) groups excluding carboxylic acids is 2. The third-order valence-corrected chi connectivity index (χ3v) is 2.19. The first kappa shape index (κ1) is 9.73. The molecular formula is C8H7BrN2O2. The second-order valence-corrected chi connectivity index (χ2v) is 3.25. The lowest BCUT2D eigenvalue weighted by molar-refractivity contribution is 0.0966. The first-order valence-electron chi connectivity index (χ1n) is 3.42. The van der Waals surface area contributed by atoms with Crippen LogP contribution in [0.15, 0.2) is 22.7 Å². The minimum atomic E-state index is -0.679. The first-order valence-corrected chi connectivity index (χ1v) is 4.21. The molecule has 5 heteroatoms. The fraction of sp³-hybridized carbons (Fsp3) is 0. The molecule has 0 atom stereocenters. The van der Waals surface area contributed by atoms with E-state index in [4.69, 9.17) is 11.5 Å². The van der Waals surface area contributed by atoms with E-state index in [1.807, 2.05) is 0 Å². The quantitative estimate of drug-likeness (QED) is 0.798. The molecule has 0 fully saturated rings. The van der Waals surface area contributed by atoms with Gasteiger partial charge in [-0.15, -0.1) is 0 Å². The summed E-state index contributed by atoms with van der Waals surface area (Å²) in [6, 6.07) is 4.68. The van der Waals surface area contributed by atoms with Crippen molar-refractivity contribution in [3.8, 4) is 0 Å². The number of halogens is 1. The van der Waals surface area contributed by atoms with Crippen LogP contribution in [0.2, 0.25) is 0 Å². The van der Waals surface area contributed by atoms with Crippen LogP contribution in [0.3, 0.4) is 0 Å². The third kappa shape index (κ3) is 1.86. The van der Waals surface area contributed by atoms with E-state index in [9.17, 15) is 9.59 Å². The Kier molecular flexibility index (Phi) is 2.67. The number of benzene rings is 1. The minimum absolute atomic E-state index is 0.120. The average Bonchev–Trinajstić information content (AvgIpc) is 2.02. The molecule has 1 aromatic rings. The van der Waals surface area contributed by atoms with Crippen molar-refractivity contribution in [3.63, 3.8) is 0 Å². The van der Waals surface area contributed by atoms with Gasteiger partial charge in [-0.2, -0.15) is 0 Å². The SMILES string of the molecule is NC(=O)c1cccc(Br)c1C(N)=O. The maximum Gasteiger partial charge on any atom is 0.250 e. The average molecular weight is 243 g/mol. The Balaban J connectivity index is 3.43. The van der Waals surface area contributed by atoms with Gasteiger partial charge in [-0.25, -0.2) is 0 Å². The van der Waals surface area contributed by atoms with Crippen molar-refractivity contribution >= 4 is 27.7 Å². The largest absolute Gasteiger partial charge is 0.366 e. The van der Waals surface area contributed by atoms with Crippen molar-refractivity contribution < 1.29 is 9.59 Å². The van der Waals surface area contributed by atoms with E-state index in [0.29, 0.717) is 4.47 Å². The number of rotatable bonds is 2. The lowest BCUT2D eigenvalue weighted by atomic mass is 10.1. The van der Waals surface area contributed by atoms with E-state index in [1.165, 1.54) is 6.07 Å². The topological polar surface area (TPSA) is 86.2 Å². The van der Waals surface area contributed by atoms with Crippen LogP contribution in [0.25, 0.3) is 0 Å². The van der Waals surface area contributed by atoms with Crippen LogP contribution in [0.5, 0.6) is 0 Å². The summed E-state index contributed by atoms with van der Waals surface area (Å²) in [5.74, 6) is -1.35. The Hall–Kier alpha value is -1.36. The van der Waals surface area contributed by atoms with Crippen molar-refractivity contribution in [2.45, 2.75) is 0 Å². The number of carbonyl (C=O) groups is 2. The second-order valence-electron chi connectivity index (χ2n) is 2.39. The van der Waals surface area contributed by atoms with E-state index in [1.54, 1.807) is 12.1 Å². The van der Waals surface area contributed by atoms with Gasteiger partial charge in [0.2, 0.25) is 5.91 Å². The Morgan fingerprint density at radius 1 is 1.15 bits per heavy atom. The molecule has 4 nitrogen and oxygen atoms in total. The number of hydrogen-bond acceptors (Lipinski definition) is 2. The van der Waals surface area contributed by atoms with E-state index < -0.39 is 11.8 Å². The lowest BCUT2D eigenvalue weighted by Crippen LogP contribution is -2.20. The molecule has 0 spiro atoms. The molecule has 4 N–H and O–H groups in total. The molecule has 0 unspecified atom stereocenters. The summed E-state index contributed by atoms with van der Waals surface area (Å²) in [6.07, 6.45) is 0. The van der Waals surface area contributed by atoms with Gasteiger partial charge in [-0.1, -0.05) is 6.07 Å². The van der Waals surface area contributed by atoms with E-state index in [2.05, 4.69) is 15.9 Å². The fourth-order valence-electron chi connectivity index (χ4n) is 0.980. The van der Waals surface area contributed by atoms with Crippen molar-refractivity contribution in [1.29, 1.82) is 0 Å². The lowest BCUT2D eigenvalue weighted by Gasteiger charge is -2.04. The van der Waals surface area contributed by atoms with Crippen LogP contribution in [0, 0.1) is 0 Å². The van der Waals surface area contributed by atoms with Gasteiger partial charge in [0.25, 0.3) is 5.91 Å². The van der Waals surface area contributed by atoms with E-state index in [-0.39, 0.29) is 11.1 Å². The summed E-state index contributed by atoms with van der Waals surface area (Å²) < 4.78 is 0.469. The van der Waals surface area contributed by atoms with Crippen molar-refractivity contribution in [1.82, 2.24) is 0 Å². The summed E-state index contributed by atoms with van der Waals surface area (Å²) in [4.78, 5) is 21.8. The highest BCUT2D eigenvalue weighted by molar-refractivity contribution is 9.10. The molecule has 0 heterocycles. The molecule has 0 saturated carbocycles. The smallest absolute Gasteiger partial charge is 0.250 e. The molecule has 2 amide bonds. The second kappa shape index (κ2) is 3.57. The fourth-order valence-corrected chi connectivity index (χ4v) is 1.54. The van der Waals surface area contributed by atoms with Gasteiger partial charge in [-0.3, -0.25) is 9.59 Å². The molecule has 68 valence electrons. The first-order chi connectivity index (χ1) is 6.04. The van der Waals surface area contributed by atoms with E-state index >= 15 is 0 Å². The molecule has 1 aromatic carbocycles. The van der Waals surface area contributed by atoms with Crippen LogP contribution < -0.4 is 11.5 Å². The predicted octanol–water partition coefficient (Wildman–Crippen LogP) is 0.647. The van der Waals surface area contributed by atoms with Crippen molar-refractivity contribution in [2.24, 2.45) is 11.5 Å². The summed E-state index contributed by atoms with van der Waals surface area (Å²) in [7, 11) is 0. The third-order valence-electron chi connectivity index (χ3n) is 1.53. The highest BCUT2D eigenvalue weighted by atomic mass is 79.9. The summed E-state index contributed by atoms with van der Waals surface area (Å²) in [5, 5.41) is 0. The molecule has 0 aliphatic carbocycles. The summed E-state index contributed by atoms with van der Waals surface area (Å²) >= 11 is 3.11. The molecule has 0 aliphatic heterocycles. The van der Waals surface area contributed by atoms with Crippen molar-refractivity contribution in [3.05, 3.63) is 33.8 Å². The standard InChI is InChI=1S/C8H7BrN2O2/c9-5-3-1-2-4(7(10)12)6(5)8(11)13/h1-3H,(H2,10,12)(H2,11,13). The highest BCUT2D eigenvalue weighted by Crippen LogP contribution is 2.19. The van der Waals surface area contributed by atoms with Gasteiger partial charge in [-0.05, 0) is 28.1 Å². The van der Waals surface area contributed by atoms with Gasteiger partial charge in [0.15, 0.2) is 0 Å². The van der Waals surface area contributed by atoms with Crippen LogP contribution in [-0.4, -0.2) is 11.8 Å². The minimum Gasteiger partial charge on any atom is -0.366 e. The number of amides is 2. The predicted molar refractivity (Wildman–Crippen MR) is 51.2 cm³/mol. The molecule has 0 radical (unpaired) electrons. The Morgan fingerprint density at radius 2 is 1.77 bits per heavy atom. The van der Waals surface area contributed by atoms with Crippen LogP contribution in [0.1, 0.15) is 20.7 Å². The number of nitrogens with two attached hydrogens (primary N) is 2. The number of primary amides is 2. The van der Waals surface area contributed by atoms with Gasteiger partial charge in [0, 0.05) is 4.47 Å². The van der Waals surface area contributed by atoms with E-state index in [0.717, 1.165) is 0 Å². The monoisotopic (exact) mass is 242 g/mol. The van der Waals surface area contributed by atoms with Crippen LogP contribution in [-0.2, 0) is 0 Å². The summed E-state index contributed by atoms with van der Waals surface area (Å²) in [5.41, 5.74) is 10.4. The maximum absolute atomic E-state index is 10.9. The van der Waals surface area contributed by atoms with Gasteiger partial charge in [0.05, 0.1) is 11.1 Å². The maximum atomic E-state index is 10.9. The Morgan fingerprint density at radius 3 is 2.15 bits per heavy atom. The van der Waals surface area contributed by atoms with Gasteiger partial charge in [0.1, 0.15) is 0 Å². The number of hydrogen-bond donors (Lipinski definition) is 2. The highest BCUT2D eigenvalue weighted by Gasteiger charge is 2.15. The summed E-state index contributed by atoms with van der Waals surface area (Å²) in [6.45, 7) is 0. The Bertz CT molecular complexity index is 376. The Labute approximate surface area is 83.0 Å². The zero-order valence-electron chi connectivity index (χ0n) is 6.58. The zero-order valence-corrected chi connectivity index (χ0v) is 8.17. The molecule has 1 rings (SSSR count).